The minimum atomic E-state index is 0.0620. The maximum absolute atomic E-state index is 2.62. The van der Waals surface area contributed by atoms with E-state index in [0.717, 1.165) is 0 Å². The van der Waals surface area contributed by atoms with E-state index in [4.69, 9.17) is 0 Å². The fourth-order valence-electron chi connectivity index (χ4n) is 11.5. The molecule has 3 aliphatic rings. The summed E-state index contributed by atoms with van der Waals surface area (Å²) in [6.07, 6.45) is 0. The molecule has 4 heteroatoms. The van der Waals surface area contributed by atoms with E-state index < -0.39 is 0 Å². The highest BCUT2D eigenvalue weighted by Crippen LogP contribution is 2.49. The van der Waals surface area contributed by atoms with Gasteiger partial charge in [0.15, 0.2) is 0 Å². The highest BCUT2D eigenvalue weighted by molar-refractivity contribution is 7.03. The van der Waals surface area contributed by atoms with Gasteiger partial charge in [0, 0.05) is 49.8 Å². The number of hydrogen-bond acceptors (Lipinski definition) is 1. The Kier molecular flexibility index (Phi) is 5.44. The highest BCUT2D eigenvalue weighted by Gasteiger charge is 2.45. The monoisotopic (exact) mass is 704 g/mol. The van der Waals surface area contributed by atoms with Crippen LogP contribution in [0.25, 0.3) is 70.9 Å². The van der Waals surface area contributed by atoms with Gasteiger partial charge in [-0.15, -0.1) is 0 Å². The molecule has 56 heavy (non-hydrogen) atoms. The maximum Gasteiger partial charge on any atom is 0.249 e. The Labute approximate surface area is 324 Å². The topological polar surface area (TPSA) is 8.17 Å². The zero-order valence-corrected chi connectivity index (χ0v) is 30.4. The predicted octanol–water partition coefficient (Wildman–Crippen LogP) is 8.79. The van der Waals surface area contributed by atoms with Crippen molar-refractivity contribution in [1.82, 2.24) is 4.57 Å². The quantitative estimate of drug-likeness (QED) is 0.129. The van der Waals surface area contributed by atoms with E-state index in [1.807, 2.05) is 0 Å². The molecule has 0 N–H and O–H groups in total. The van der Waals surface area contributed by atoms with Crippen LogP contribution in [0.4, 0.5) is 17.1 Å². The molecule has 0 atom stereocenters. The number of hydrogen-bond donors (Lipinski definition) is 0. The molecule has 0 aliphatic carbocycles. The molecule has 0 bridgehead atoms. The molecule has 14 rings (SSSR count). The van der Waals surface area contributed by atoms with Crippen LogP contribution < -0.4 is 37.7 Å². The molecule has 0 radical (unpaired) electrons. The van der Waals surface area contributed by atoms with Gasteiger partial charge in [-0.2, -0.15) is 0 Å². The van der Waals surface area contributed by atoms with Gasteiger partial charge in [-0.05, 0) is 78.8 Å². The number of aromatic nitrogens is 1. The van der Waals surface area contributed by atoms with Gasteiger partial charge in [-0.1, -0.05) is 169 Å². The molecule has 0 saturated carbocycles. The summed E-state index contributed by atoms with van der Waals surface area (Å²) in [7, 11) is 0. The summed E-state index contributed by atoms with van der Waals surface area (Å²) >= 11 is 0. The van der Waals surface area contributed by atoms with Crippen LogP contribution in [0.5, 0.6) is 0 Å². The molecular formula is C52H30B2N2. The Bertz CT molecular complexity index is 3500. The minimum absolute atomic E-state index is 0.0620. The van der Waals surface area contributed by atoms with Crippen LogP contribution in [0.15, 0.2) is 182 Å². The first kappa shape index (κ1) is 29.3. The summed E-state index contributed by atoms with van der Waals surface area (Å²) in [5.74, 6) is 0. The van der Waals surface area contributed by atoms with Crippen molar-refractivity contribution in [1.29, 1.82) is 0 Å². The van der Waals surface area contributed by atoms with Crippen molar-refractivity contribution in [2.75, 3.05) is 4.90 Å². The molecule has 0 amide bonds. The van der Waals surface area contributed by atoms with Crippen LogP contribution in [-0.2, 0) is 0 Å². The van der Waals surface area contributed by atoms with Crippen LogP contribution in [-0.4, -0.2) is 18.0 Å². The van der Waals surface area contributed by atoms with Crippen molar-refractivity contribution in [2.24, 2.45) is 0 Å². The van der Waals surface area contributed by atoms with Crippen molar-refractivity contribution in [2.45, 2.75) is 0 Å². The third-order valence-electron chi connectivity index (χ3n) is 13.4. The van der Waals surface area contributed by atoms with E-state index in [0.29, 0.717) is 0 Å². The molecule has 3 aliphatic heterocycles. The Morgan fingerprint density at radius 2 is 0.929 bits per heavy atom. The van der Waals surface area contributed by atoms with E-state index in [-0.39, 0.29) is 13.4 Å². The molecule has 11 aromatic rings. The number of para-hydroxylation sites is 3. The number of anilines is 3. The lowest BCUT2D eigenvalue weighted by molar-refractivity contribution is 1.21. The Morgan fingerprint density at radius 1 is 0.357 bits per heavy atom. The molecule has 10 aromatic carbocycles. The third-order valence-corrected chi connectivity index (χ3v) is 13.4. The van der Waals surface area contributed by atoms with Gasteiger partial charge in [0.2, 0.25) is 13.4 Å². The SMILES string of the molecule is c1ccc(B2c3c(c4cccc5c6c(c7cccc3c7c54)N(c3ccccc3)c3cccc4c3B6c3ccccc3-4)-n3c4ccccc4c4cccc2c43)cc1. The fourth-order valence-corrected chi connectivity index (χ4v) is 11.5. The first-order chi connectivity index (χ1) is 27.9. The Balaban J connectivity index is 1.24. The van der Waals surface area contributed by atoms with Crippen LogP contribution >= 0.6 is 0 Å². The van der Waals surface area contributed by atoms with Crippen molar-refractivity contribution in [3.8, 4) is 16.8 Å². The average Bonchev–Trinajstić information content (AvgIpc) is 3.79. The number of nitrogens with zero attached hydrogens (tertiary/aromatic N) is 2. The van der Waals surface area contributed by atoms with E-state index in [2.05, 4.69) is 191 Å². The molecule has 0 saturated heterocycles. The summed E-state index contributed by atoms with van der Waals surface area (Å²) in [4.78, 5) is 2.58. The highest BCUT2D eigenvalue weighted by atomic mass is 15.2. The Morgan fingerprint density at radius 3 is 1.75 bits per heavy atom. The summed E-state index contributed by atoms with van der Waals surface area (Å²) in [5.41, 5.74) is 18.7. The van der Waals surface area contributed by atoms with E-state index in [1.54, 1.807) is 0 Å². The second kappa shape index (κ2) is 10.4. The van der Waals surface area contributed by atoms with Crippen molar-refractivity contribution < 1.29 is 0 Å². The third kappa shape index (κ3) is 3.40. The van der Waals surface area contributed by atoms with Gasteiger partial charge in [0.05, 0.1) is 5.52 Å². The lowest BCUT2D eigenvalue weighted by Gasteiger charge is -2.39. The first-order valence-corrected chi connectivity index (χ1v) is 19.8. The van der Waals surface area contributed by atoms with Gasteiger partial charge in [-0.25, -0.2) is 0 Å². The molecule has 0 unspecified atom stereocenters. The van der Waals surface area contributed by atoms with Crippen LogP contribution in [0.3, 0.4) is 0 Å². The van der Waals surface area contributed by atoms with Gasteiger partial charge in [0.1, 0.15) is 0 Å². The van der Waals surface area contributed by atoms with E-state index >= 15 is 0 Å². The number of benzene rings is 10. The van der Waals surface area contributed by atoms with Crippen LogP contribution in [0, 0.1) is 0 Å². The number of rotatable bonds is 2. The molecule has 4 heterocycles. The molecule has 1 aromatic heterocycles. The van der Waals surface area contributed by atoms with E-state index in [9.17, 15) is 0 Å². The van der Waals surface area contributed by atoms with Gasteiger partial charge in [0.25, 0.3) is 0 Å². The Hall–Kier alpha value is -7.03. The lowest BCUT2D eigenvalue weighted by atomic mass is 9.34. The second-order valence-electron chi connectivity index (χ2n) is 15.9. The average molecular weight is 704 g/mol. The summed E-state index contributed by atoms with van der Waals surface area (Å²) in [6.45, 7) is 0.182. The molecule has 0 spiro atoms. The molecule has 2 nitrogen and oxygen atoms in total. The van der Waals surface area contributed by atoms with Crippen molar-refractivity contribution in [3.05, 3.63) is 182 Å². The zero-order valence-electron chi connectivity index (χ0n) is 30.4. The fraction of sp³-hybridized carbons (Fsp3) is 0. The number of fused-ring (bicyclic) bond motifs is 14. The standard InChI is InChI=1S/C52H30B2N2/c1-3-15-31(16-4-1)53-42-28-13-22-36-34-20-8-10-29-43(34)56(50(36)42)52-40-26-12-24-38-46(40)45-37(48(52)53)23-11-25-39(45)51-49(38)54-41-27-9-7-19-33(41)35-21-14-30-44(47(35)54)55(51)32-17-5-2-6-18-32/h1-30H. The molecule has 0 fully saturated rings. The normalized spacial score (nSPS) is 13.6. The summed E-state index contributed by atoms with van der Waals surface area (Å²) in [5, 5.41) is 10.6. The largest absolute Gasteiger partial charge is 0.311 e. The van der Waals surface area contributed by atoms with Gasteiger partial charge < -0.3 is 9.47 Å². The van der Waals surface area contributed by atoms with Gasteiger partial charge >= 0.3 is 0 Å². The van der Waals surface area contributed by atoms with Gasteiger partial charge in [-0.3, -0.25) is 0 Å². The van der Waals surface area contributed by atoms with Crippen molar-refractivity contribution >= 4 is 117 Å². The van der Waals surface area contributed by atoms with Crippen LogP contribution in [0.1, 0.15) is 0 Å². The zero-order chi connectivity index (χ0) is 36.2. The van der Waals surface area contributed by atoms with E-state index in [1.165, 1.54) is 121 Å². The summed E-state index contributed by atoms with van der Waals surface area (Å²) in [6, 6.07) is 68.6. The van der Waals surface area contributed by atoms with Crippen molar-refractivity contribution in [3.63, 3.8) is 0 Å². The minimum Gasteiger partial charge on any atom is -0.311 e. The smallest absolute Gasteiger partial charge is 0.249 e. The second-order valence-corrected chi connectivity index (χ2v) is 15.9. The lowest BCUT2D eigenvalue weighted by Crippen LogP contribution is -2.56. The molecular weight excluding hydrogens is 674 g/mol. The molecule has 254 valence electrons. The summed E-state index contributed by atoms with van der Waals surface area (Å²) < 4.78 is 2.62. The maximum atomic E-state index is 2.62. The first-order valence-electron chi connectivity index (χ1n) is 19.8. The van der Waals surface area contributed by atoms with Crippen LogP contribution in [0.2, 0.25) is 0 Å². The predicted molar refractivity (Wildman–Crippen MR) is 240 cm³/mol.